The Morgan fingerprint density at radius 3 is 2.71 bits per heavy atom. The zero-order chi connectivity index (χ0) is 12.9. The third-order valence-corrected chi connectivity index (χ3v) is 3.31. The van der Waals surface area contributed by atoms with Crippen molar-refractivity contribution in [2.24, 2.45) is 5.73 Å². The number of nitrogens with two attached hydrogens (primary N) is 1. The third kappa shape index (κ3) is 4.27. The Morgan fingerprint density at radius 1 is 1.47 bits per heavy atom. The van der Waals surface area contributed by atoms with Crippen LogP contribution in [0, 0.1) is 0 Å². The number of hydrogen-bond acceptors (Lipinski definition) is 5. The quantitative estimate of drug-likeness (QED) is 0.307. The zero-order valence-electron chi connectivity index (χ0n) is 9.93. The van der Waals surface area contributed by atoms with Gasteiger partial charge in [-0.2, -0.15) is 0 Å². The fourth-order valence-corrected chi connectivity index (χ4v) is 2.33. The first-order valence-corrected chi connectivity index (χ1v) is 6.06. The normalized spacial score (nSPS) is 29.0. The van der Waals surface area contributed by atoms with Gasteiger partial charge in [0.25, 0.3) is 0 Å². The molecular weight excluding hydrogens is 223 g/mol. The van der Waals surface area contributed by atoms with Gasteiger partial charge in [0.1, 0.15) is 5.54 Å². The lowest BCUT2D eigenvalue weighted by atomic mass is 9.79. The predicted molar refractivity (Wildman–Crippen MR) is 64.4 cm³/mol. The molecule has 7 heteroatoms. The van der Waals surface area contributed by atoms with Crippen molar-refractivity contribution in [1.29, 1.82) is 0 Å². The van der Waals surface area contributed by atoms with Gasteiger partial charge in [-0.05, 0) is 32.1 Å². The standard InChI is InChI=1S/C10H21BN2O4/c12-8-3-6-13-10(7-8,9(14)15)4-1-2-5-11(16)17/h8,13,16-17H,1-7,12H2,(H,14,15)/t8-,10+/m1/s1. The molecule has 0 unspecified atom stereocenters. The summed E-state index contributed by atoms with van der Waals surface area (Å²) in [5, 5.41) is 29.8. The first-order valence-electron chi connectivity index (χ1n) is 6.06. The molecule has 0 amide bonds. The van der Waals surface area contributed by atoms with Gasteiger partial charge in [-0.1, -0.05) is 12.8 Å². The maximum absolute atomic E-state index is 11.3. The van der Waals surface area contributed by atoms with Crippen molar-refractivity contribution in [2.45, 2.75) is 50.0 Å². The first-order chi connectivity index (χ1) is 7.96. The molecular formula is C10H21BN2O4. The highest BCUT2D eigenvalue weighted by molar-refractivity contribution is 6.40. The van der Waals surface area contributed by atoms with Crippen molar-refractivity contribution in [2.75, 3.05) is 6.54 Å². The molecule has 98 valence electrons. The highest BCUT2D eigenvalue weighted by Crippen LogP contribution is 2.25. The van der Waals surface area contributed by atoms with Crippen LogP contribution in [0.2, 0.25) is 6.32 Å². The van der Waals surface area contributed by atoms with E-state index in [0.717, 1.165) is 6.42 Å². The van der Waals surface area contributed by atoms with E-state index in [1.165, 1.54) is 0 Å². The van der Waals surface area contributed by atoms with E-state index in [1.54, 1.807) is 0 Å². The average molecular weight is 244 g/mol. The van der Waals surface area contributed by atoms with Crippen LogP contribution in [0.1, 0.15) is 32.1 Å². The molecule has 2 atom stereocenters. The van der Waals surface area contributed by atoms with Crippen molar-refractivity contribution >= 4 is 13.1 Å². The SMILES string of the molecule is N[C@@H]1CCN[C@](CCCCB(O)O)(C(=O)O)C1. The summed E-state index contributed by atoms with van der Waals surface area (Å²) < 4.78 is 0. The second kappa shape index (κ2) is 6.35. The van der Waals surface area contributed by atoms with Crippen molar-refractivity contribution in [3.63, 3.8) is 0 Å². The molecule has 1 aliphatic rings. The number of aliphatic carboxylic acids is 1. The van der Waals surface area contributed by atoms with Gasteiger partial charge in [-0.25, -0.2) is 0 Å². The lowest BCUT2D eigenvalue weighted by molar-refractivity contribution is -0.146. The Kier molecular flexibility index (Phi) is 5.39. The summed E-state index contributed by atoms with van der Waals surface area (Å²) in [6.07, 6.45) is 3.23. The van der Waals surface area contributed by atoms with Gasteiger partial charge < -0.3 is 26.2 Å². The minimum absolute atomic E-state index is 0.0733. The summed E-state index contributed by atoms with van der Waals surface area (Å²) in [6.45, 7) is 0.621. The molecule has 0 aliphatic carbocycles. The van der Waals surface area contributed by atoms with Crippen LogP contribution in [-0.2, 0) is 4.79 Å². The second-order valence-electron chi connectivity index (χ2n) is 4.79. The number of carbonyl (C=O) groups is 1. The Balaban J connectivity index is 2.45. The molecule has 6 nitrogen and oxygen atoms in total. The van der Waals surface area contributed by atoms with E-state index < -0.39 is 18.6 Å². The van der Waals surface area contributed by atoms with E-state index in [2.05, 4.69) is 5.32 Å². The van der Waals surface area contributed by atoms with E-state index >= 15 is 0 Å². The van der Waals surface area contributed by atoms with Gasteiger partial charge in [0.2, 0.25) is 0 Å². The smallest absolute Gasteiger partial charge is 0.451 e. The number of carboxylic acids is 1. The molecule has 0 aromatic rings. The highest BCUT2D eigenvalue weighted by Gasteiger charge is 2.41. The van der Waals surface area contributed by atoms with Crippen LogP contribution in [-0.4, -0.2) is 46.4 Å². The van der Waals surface area contributed by atoms with Crippen LogP contribution >= 0.6 is 0 Å². The predicted octanol–water partition coefficient (Wildman–Crippen LogP) is -0.836. The summed E-state index contributed by atoms with van der Waals surface area (Å²) in [6, 6.07) is -0.0733. The molecule has 0 saturated carbocycles. The molecule has 6 N–H and O–H groups in total. The van der Waals surface area contributed by atoms with Crippen LogP contribution < -0.4 is 11.1 Å². The molecule has 0 aromatic carbocycles. The van der Waals surface area contributed by atoms with Crippen LogP contribution in [0.4, 0.5) is 0 Å². The van der Waals surface area contributed by atoms with Gasteiger partial charge in [0.15, 0.2) is 0 Å². The summed E-state index contributed by atoms with van der Waals surface area (Å²) in [5.74, 6) is -0.864. The molecule has 1 aliphatic heterocycles. The van der Waals surface area contributed by atoms with E-state index in [4.69, 9.17) is 15.8 Å². The van der Waals surface area contributed by atoms with Gasteiger partial charge in [-0.15, -0.1) is 0 Å². The molecule has 0 spiro atoms. The molecule has 1 fully saturated rings. The number of carboxylic acid groups (broad SMARTS) is 1. The van der Waals surface area contributed by atoms with Gasteiger partial charge in [0, 0.05) is 6.04 Å². The topological polar surface area (TPSA) is 116 Å². The first kappa shape index (κ1) is 14.4. The second-order valence-corrected chi connectivity index (χ2v) is 4.79. The molecule has 17 heavy (non-hydrogen) atoms. The van der Waals surface area contributed by atoms with Crippen molar-refractivity contribution in [3.05, 3.63) is 0 Å². The van der Waals surface area contributed by atoms with Crippen molar-refractivity contribution < 1.29 is 19.9 Å². The monoisotopic (exact) mass is 244 g/mol. The van der Waals surface area contributed by atoms with E-state index in [0.29, 0.717) is 32.2 Å². The van der Waals surface area contributed by atoms with Crippen molar-refractivity contribution in [1.82, 2.24) is 5.32 Å². The number of unbranched alkanes of at least 4 members (excludes halogenated alkanes) is 1. The maximum Gasteiger partial charge on any atom is 0.451 e. The van der Waals surface area contributed by atoms with Crippen LogP contribution in [0.5, 0.6) is 0 Å². The summed E-state index contributed by atoms with van der Waals surface area (Å²) in [4.78, 5) is 11.3. The number of hydrogen-bond donors (Lipinski definition) is 5. The lowest BCUT2D eigenvalue weighted by Gasteiger charge is -2.37. The summed E-state index contributed by atoms with van der Waals surface area (Å²) >= 11 is 0. The van der Waals surface area contributed by atoms with E-state index in [-0.39, 0.29) is 12.4 Å². The van der Waals surface area contributed by atoms with Gasteiger partial charge in [-0.3, -0.25) is 4.79 Å². The molecule has 1 heterocycles. The van der Waals surface area contributed by atoms with Gasteiger partial charge in [0.05, 0.1) is 0 Å². The van der Waals surface area contributed by atoms with Crippen molar-refractivity contribution in [3.8, 4) is 0 Å². The Bertz CT molecular complexity index is 265. The summed E-state index contributed by atoms with van der Waals surface area (Å²) in [7, 11) is -1.31. The fourth-order valence-electron chi connectivity index (χ4n) is 2.33. The molecule has 0 bridgehead atoms. The zero-order valence-corrected chi connectivity index (χ0v) is 9.93. The third-order valence-electron chi connectivity index (χ3n) is 3.31. The minimum atomic E-state index is -1.31. The molecule has 1 saturated heterocycles. The van der Waals surface area contributed by atoms with Crippen LogP contribution in [0.25, 0.3) is 0 Å². The highest BCUT2D eigenvalue weighted by atomic mass is 16.4. The Morgan fingerprint density at radius 2 is 2.18 bits per heavy atom. The lowest BCUT2D eigenvalue weighted by Crippen LogP contribution is -2.59. The maximum atomic E-state index is 11.3. The Hall–Kier alpha value is -0.625. The van der Waals surface area contributed by atoms with E-state index in [9.17, 15) is 9.90 Å². The fraction of sp³-hybridized carbons (Fsp3) is 0.900. The molecule has 0 aromatic heterocycles. The van der Waals surface area contributed by atoms with Crippen LogP contribution in [0.3, 0.4) is 0 Å². The summed E-state index contributed by atoms with van der Waals surface area (Å²) in [5.41, 5.74) is 4.88. The largest absolute Gasteiger partial charge is 0.480 e. The Labute approximate surface area is 101 Å². The molecule has 1 rings (SSSR count). The van der Waals surface area contributed by atoms with Crippen LogP contribution in [0.15, 0.2) is 0 Å². The number of piperidine rings is 1. The number of rotatable bonds is 6. The van der Waals surface area contributed by atoms with E-state index in [1.807, 2.05) is 0 Å². The number of nitrogens with one attached hydrogen (secondary N) is 1. The molecule has 0 radical (unpaired) electrons. The van der Waals surface area contributed by atoms with Gasteiger partial charge >= 0.3 is 13.1 Å². The minimum Gasteiger partial charge on any atom is -0.480 e. The average Bonchev–Trinajstić information content (AvgIpc) is 2.24.